The van der Waals surface area contributed by atoms with Crippen LogP contribution in [0.3, 0.4) is 0 Å². The van der Waals surface area contributed by atoms with E-state index in [1.54, 1.807) is 0 Å². The molecule has 0 aliphatic carbocycles. The number of thiophene rings is 1. The topological polar surface area (TPSA) is 54.5 Å². The number of hydrogen-bond acceptors (Lipinski definition) is 4. The van der Waals surface area contributed by atoms with E-state index in [0.717, 1.165) is 33.3 Å². The monoisotopic (exact) mass is 704 g/mol. The highest BCUT2D eigenvalue weighted by atomic mass is 32.1. The van der Waals surface area contributed by atoms with Crippen LogP contribution < -0.4 is 0 Å². The molecule has 0 radical (unpaired) electrons. The molecule has 0 bridgehead atoms. The van der Waals surface area contributed by atoms with E-state index in [-0.39, 0.29) is 0 Å². The van der Waals surface area contributed by atoms with E-state index in [0.29, 0.717) is 11.5 Å². The molecule has 0 fully saturated rings. The van der Waals surface area contributed by atoms with Crippen LogP contribution in [0, 0.1) is 11.3 Å². The van der Waals surface area contributed by atoms with Gasteiger partial charge >= 0.3 is 0 Å². The van der Waals surface area contributed by atoms with Gasteiger partial charge in [0.05, 0.1) is 16.6 Å². The third kappa shape index (κ3) is 4.75. The zero-order valence-electron chi connectivity index (χ0n) is 28.9. The number of benzene rings is 8. The summed E-state index contributed by atoms with van der Waals surface area (Å²) in [4.78, 5) is 9.29. The van der Waals surface area contributed by atoms with Gasteiger partial charge in [0, 0.05) is 47.6 Å². The molecule has 250 valence electrons. The van der Waals surface area contributed by atoms with E-state index in [2.05, 4.69) is 149 Å². The molecule has 0 saturated carbocycles. The average molecular weight is 705 g/mol. The second kappa shape index (κ2) is 12.0. The normalized spacial score (nSPS) is 11.7. The third-order valence-corrected chi connectivity index (χ3v) is 11.8. The predicted molar refractivity (Wildman–Crippen MR) is 225 cm³/mol. The average Bonchev–Trinajstić information content (AvgIpc) is 3.79. The van der Waals surface area contributed by atoms with Gasteiger partial charge in [0.25, 0.3) is 0 Å². The lowest BCUT2D eigenvalue weighted by Gasteiger charge is -2.10. The van der Waals surface area contributed by atoms with Gasteiger partial charge in [-0.05, 0) is 93.7 Å². The molecule has 0 saturated heterocycles. The molecular weight excluding hydrogens is 677 g/mol. The van der Waals surface area contributed by atoms with E-state index in [9.17, 15) is 5.26 Å². The zero-order valence-corrected chi connectivity index (χ0v) is 29.7. The number of nitrogens with zero attached hydrogens (tertiary/aromatic N) is 4. The summed E-state index contributed by atoms with van der Waals surface area (Å²) < 4.78 is 5.01. The number of hydrogen-bond donors (Lipinski definition) is 0. The Balaban J connectivity index is 0.957. The van der Waals surface area contributed by atoms with Crippen LogP contribution in [0.2, 0.25) is 0 Å². The number of fused-ring (bicyclic) bond motifs is 9. The second-order valence-corrected chi connectivity index (χ2v) is 14.8. The summed E-state index contributed by atoms with van der Waals surface area (Å²) in [5, 5.41) is 18.2. The maximum atomic E-state index is 9.71. The number of aromatic nitrogens is 3. The summed E-state index contributed by atoms with van der Waals surface area (Å²) in [6, 6.07) is 62.6. The lowest BCUT2D eigenvalue weighted by Crippen LogP contribution is -1.95. The largest absolute Gasteiger partial charge is 0.309 e. The van der Waals surface area contributed by atoms with Crippen molar-refractivity contribution >= 4 is 75.0 Å². The number of rotatable bonds is 4. The van der Waals surface area contributed by atoms with Crippen molar-refractivity contribution in [1.82, 2.24) is 14.5 Å². The first-order chi connectivity index (χ1) is 26.7. The van der Waals surface area contributed by atoms with Gasteiger partial charge in [-0.15, -0.1) is 11.3 Å². The van der Waals surface area contributed by atoms with Gasteiger partial charge in [-0.3, -0.25) is 0 Å². The van der Waals surface area contributed by atoms with Gasteiger partial charge in [0.1, 0.15) is 6.07 Å². The Hall–Kier alpha value is -7.13. The van der Waals surface area contributed by atoms with Crippen molar-refractivity contribution in [3.8, 4) is 45.4 Å². The van der Waals surface area contributed by atoms with E-state index >= 15 is 0 Å². The third-order valence-electron chi connectivity index (χ3n) is 10.7. The first kappa shape index (κ1) is 30.5. The summed E-state index contributed by atoms with van der Waals surface area (Å²) in [6.45, 7) is 0. The van der Waals surface area contributed by atoms with Gasteiger partial charge in [-0.1, -0.05) is 109 Å². The van der Waals surface area contributed by atoms with Crippen LogP contribution in [0.15, 0.2) is 170 Å². The SMILES string of the molecule is N#Cc1nc(-c2ccc(-c3ccc(-n4c5ccccc5c5cc(-c6ccc7sc8ccc9ccccc9c8c7c6)ccc54)cc3)cc2)nc2ccccc12. The molecule has 3 heterocycles. The minimum Gasteiger partial charge on any atom is -0.309 e. The summed E-state index contributed by atoms with van der Waals surface area (Å²) in [7, 11) is 0. The molecule has 4 nitrogen and oxygen atoms in total. The van der Waals surface area contributed by atoms with Gasteiger partial charge in [0.2, 0.25) is 0 Å². The van der Waals surface area contributed by atoms with E-state index in [4.69, 9.17) is 4.98 Å². The molecule has 0 aliphatic heterocycles. The van der Waals surface area contributed by atoms with E-state index < -0.39 is 0 Å². The van der Waals surface area contributed by atoms with Crippen molar-refractivity contribution in [2.24, 2.45) is 0 Å². The van der Waals surface area contributed by atoms with Crippen molar-refractivity contribution < 1.29 is 0 Å². The quantitative estimate of drug-likeness (QED) is 0.183. The zero-order chi connectivity index (χ0) is 35.8. The minimum absolute atomic E-state index is 0.388. The van der Waals surface area contributed by atoms with Crippen molar-refractivity contribution in [2.75, 3.05) is 0 Å². The first-order valence-corrected chi connectivity index (χ1v) is 18.8. The van der Waals surface area contributed by atoms with Crippen LogP contribution in [-0.4, -0.2) is 14.5 Å². The Morgan fingerprint density at radius 1 is 0.463 bits per heavy atom. The molecule has 54 heavy (non-hydrogen) atoms. The maximum Gasteiger partial charge on any atom is 0.161 e. The predicted octanol–water partition coefficient (Wildman–Crippen LogP) is 13.1. The molecule has 8 aromatic carbocycles. The van der Waals surface area contributed by atoms with Gasteiger partial charge in [-0.2, -0.15) is 5.26 Å². The van der Waals surface area contributed by atoms with Crippen LogP contribution in [0.5, 0.6) is 0 Å². The van der Waals surface area contributed by atoms with Crippen LogP contribution >= 0.6 is 11.3 Å². The molecule has 0 atom stereocenters. The highest BCUT2D eigenvalue weighted by Gasteiger charge is 2.16. The second-order valence-electron chi connectivity index (χ2n) is 13.7. The first-order valence-electron chi connectivity index (χ1n) is 18.0. The Kier molecular flexibility index (Phi) is 6.75. The Morgan fingerprint density at radius 3 is 1.89 bits per heavy atom. The van der Waals surface area contributed by atoms with E-state index in [1.165, 1.54) is 63.9 Å². The highest BCUT2D eigenvalue weighted by Crippen LogP contribution is 2.41. The highest BCUT2D eigenvalue weighted by molar-refractivity contribution is 7.26. The lowest BCUT2D eigenvalue weighted by molar-refractivity contribution is 1.18. The Morgan fingerprint density at radius 2 is 1.07 bits per heavy atom. The molecule has 0 unspecified atom stereocenters. The summed E-state index contributed by atoms with van der Waals surface area (Å²) in [5.41, 5.74) is 10.2. The Bertz CT molecular complexity index is 3330. The summed E-state index contributed by atoms with van der Waals surface area (Å²) in [5.74, 6) is 0.552. The molecule has 0 N–H and O–H groups in total. The number of nitriles is 1. The summed E-state index contributed by atoms with van der Waals surface area (Å²) in [6.07, 6.45) is 0. The molecule has 11 aromatic rings. The van der Waals surface area contributed by atoms with Crippen molar-refractivity contribution in [2.45, 2.75) is 0 Å². The summed E-state index contributed by atoms with van der Waals surface area (Å²) >= 11 is 1.87. The fourth-order valence-corrected chi connectivity index (χ4v) is 9.17. The van der Waals surface area contributed by atoms with Gasteiger partial charge in [-0.25, -0.2) is 9.97 Å². The maximum absolute atomic E-state index is 9.71. The molecule has 0 spiro atoms. The van der Waals surface area contributed by atoms with Crippen molar-refractivity contribution in [3.05, 3.63) is 176 Å². The molecule has 3 aromatic heterocycles. The minimum atomic E-state index is 0.388. The van der Waals surface area contributed by atoms with Crippen LogP contribution in [-0.2, 0) is 0 Å². The van der Waals surface area contributed by atoms with Crippen LogP contribution in [0.4, 0.5) is 0 Å². The van der Waals surface area contributed by atoms with Crippen molar-refractivity contribution in [3.63, 3.8) is 0 Å². The van der Waals surface area contributed by atoms with Crippen LogP contribution in [0.25, 0.3) is 103 Å². The number of para-hydroxylation sites is 2. The van der Waals surface area contributed by atoms with Gasteiger partial charge in [0.15, 0.2) is 11.5 Å². The van der Waals surface area contributed by atoms with Crippen molar-refractivity contribution in [1.29, 1.82) is 5.26 Å². The molecular formula is C49H28N4S. The smallest absolute Gasteiger partial charge is 0.161 e. The fraction of sp³-hybridized carbons (Fsp3) is 0. The van der Waals surface area contributed by atoms with Gasteiger partial charge < -0.3 is 4.57 Å². The fourth-order valence-electron chi connectivity index (χ4n) is 8.06. The Labute approximate surface area is 314 Å². The van der Waals surface area contributed by atoms with Crippen LogP contribution in [0.1, 0.15) is 5.69 Å². The standard InChI is InChI=1S/C49H28N4S/c50-29-43-39-10-3-5-11-42(39)51-49(52-43)33-15-13-30(14-16-33)31-17-22-36(23-18-31)53-44-12-6-4-9-38(44)40-27-34(19-24-45(40)53)35-21-25-46-41(28-35)48-37-8-2-1-7-32(37)20-26-47(48)54-46/h1-28H. The molecule has 0 aliphatic rings. The molecule has 0 amide bonds. The molecule has 11 rings (SSSR count). The molecule has 5 heteroatoms. The lowest BCUT2D eigenvalue weighted by atomic mass is 9.99. The van der Waals surface area contributed by atoms with E-state index in [1.807, 2.05) is 47.7 Å².